The van der Waals surface area contributed by atoms with Crippen LogP contribution in [0.1, 0.15) is 40.4 Å². The van der Waals surface area contributed by atoms with Crippen LogP contribution in [0, 0.1) is 0 Å². The minimum atomic E-state index is -0.574. The third kappa shape index (κ3) is 3.63. The van der Waals surface area contributed by atoms with Crippen LogP contribution < -0.4 is 10.1 Å². The van der Waals surface area contributed by atoms with Crippen LogP contribution >= 0.6 is 0 Å². The molecule has 2 N–H and O–H groups in total. The number of aromatic amines is 1. The van der Waals surface area contributed by atoms with Crippen molar-refractivity contribution in [1.82, 2.24) is 9.88 Å². The minimum absolute atomic E-state index is 0.0917. The van der Waals surface area contributed by atoms with Crippen molar-refractivity contribution < 1.29 is 14.3 Å². The quantitative estimate of drug-likeness (QED) is 0.453. The molecule has 166 valence electrons. The fourth-order valence-electron chi connectivity index (χ4n) is 4.71. The van der Waals surface area contributed by atoms with Crippen LogP contribution in [-0.4, -0.2) is 35.4 Å². The number of carbonyl (C=O) groups is 2. The van der Waals surface area contributed by atoms with Gasteiger partial charge in [-0.25, -0.2) is 0 Å². The third-order valence-corrected chi connectivity index (χ3v) is 6.23. The maximum absolute atomic E-state index is 13.7. The second kappa shape index (κ2) is 8.47. The number of hydrogen-bond donors (Lipinski definition) is 2. The van der Waals surface area contributed by atoms with Crippen molar-refractivity contribution in [3.05, 3.63) is 95.7 Å². The summed E-state index contributed by atoms with van der Waals surface area (Å²) in [6.45, 7) is 2.51. The average molecular weight is 440 g/mol. The maximum Gasteiger partial charge on any atom is 0.254 e. The van der Waals surface area contributed by atoms with Crippen LogP contribution in [-0.2, 0) is 4.79 Å². The molecule has 0 spiro atoms. The van der Waals surface area contributed by atoms with E-state index in [9.17, 15) is 9.59 Å². The summed E-state index contributed by atoms with van der Waals surface area (Å²) >= 11 is 0. The number of nitrogens with one attached hydrogen (secondary N) is 2. The van der Waals surface area contributed by atoms with Gasteiger partial charge in [-0.2, -0.15) is 0 Å². The van der Waals surface area contributed by atoms with Crippen LogP contribution in [0.25, 0.3) is 10.9 Å². The third-order valence-electron chi connectivity index (χ3n) is 6.23. The van der Waals surface area contributed by atoms with Gasteiger partial charge in [0.25, 0.3) is 5.91 Å². The number of likely N-dealkylation sites (N-methyl/N-ethyl adjacent to an activating group) is 1. The van der Waals surface area contributed by atoms with E-state index in [1.54, 1.807) is 18.0 Å². The van der Waals surface area contributed by atoms with E-state index in [-0.39, 0.29) is 11.8 Å². The smallest absolute Gasteiger partial charge is 0.254 e. The maximum atomic E-state index is 13.7. The first-order valence-corrected chi connectivity index (χ1v) is 11.0. The van der Waals surface area contributed by atoms with Crippen LogP contribution in [0.4, 0.5) is 5.69 Å². The number of nitrogens with zero attached hydrogens (tertiary/aromatic N) is 1. The lowest BCUT2D eigenvalue weighted by atomic mass is 9.79. The number of benzene rings is 3. The van der Waals surface area contributed by atoms with Gasteiger partial charge < -0.3 is 19.9 Å². The summed E-state index contributed by atoms with van der Waals surface area (Å²) in [5.41, 5.74) is 3.86. The molecule has 3 aromatic carbocycles. The summed E-state index contributed by atoms with van der Waals surface area (Å²) in [6, 6.07) is 22.2. The number of hydrogen-bond acceptors (Lipinski definition) is 3. The summed E-state index contributed by atoms with van der Waals surface area (Å²) in [6.07, 6.45) is 1.91. The second-order valence-electron chi connectivity index (χ2n) is 8.16. The summed E-state index contributed by atoms with van der Waals surface area (Å²) in [5, 5.41) is 4.05. The zero-order valence-corrected chi connectivity index (χ0v) is 18.5. The molecule has 1 aromatic heterocycles. The van der Waals surface area contributed by atoms with E-state index in [0.29, 0.717) is 17.9 Å². The number of para-hydroxylation sites is 1. The fraction of sp³-hybridized carbons (Fsp3) is 0.185. The van der Waals surface area contributed by atoms with Gasteiger partial charge in [-0.3, -0.25) is 9.59 Å². The van der Waals surface area contributed by atoms with Crippen LogP contribution in [0.3, 0.4) is 0 Å². The van der Waals surface area contributed by atoms with Crippen molar-refractivity contribution in [3.8, 4) is 5.75 Å². The van der Waals surface area contributed by atoms with Crippen LogP contribution in [0.5, 0.6) is 5.75 Å². The summed E-state index contributed by atoms with van der Waals surface area (Å²) in [7, 11) is 1.77. The molecule has 0 saturated heterocycles. The fourth-order valence-corrected chi connectivity index (χ4v) is 4.71. The van der Waals surface area contributed by atoms with Crippen molar-refractivity contribution in [3.63, 3.8) is 0 Å². The number of rotatable bonds is 5. The zero-order chi connectivity index (χ0) is 22.9. The largest absolute Gasteiger partial charge is 0.494 e. The average Bonchev–Trinajstić information content (AvgIpc) is 3.26. The summed E-state index contributed by atoms with van der Waals surface area (Å²) < 4.78 is 5.50. The molecule has 1 aliphatic heterocycles. The van der Waals surface area contributed by atoms with Crippen molar-refractivity contribution in [1.29, 1.82) is 0 Å². The molecule has 33 heavy (non-hydrogen) atoms. The zero-order valence-electron chi connectivity index (χ0n) is 18.5. The van der Waals surface area contributed by atoms with E-state index in [1.807, 2.05) is 79.9 Å². The van der Waals surface area contributed by atoms with E-state index in [2.05, 4.69) is 10.3 Å². The van der Waals surface area contributed by atoms with Crippen molar-refractivity contribution in [2.75, 3.05) is 19.0 Å². The van der Waals surface area contributed by atoms with E-state index in [4.69, 9.17) is 4.74 Å². The Bertz CT molecular complexity index is 1330. The summed E-state index contributed by atoms with van der Waals surface area (Å²) in [4.78, 5) is 32.0. The van der Waals surface area contributed by atoms with Crippen molar-refractivity contribution >= 4 is 28.4 Å². The van der Waals surface area contributed by atoms with Gasteiger partial charge in [-0.05, 0) is 48.9 Å². The Labute approximate surface area is 192 Å². The normalized spacial score (nSPS) is 17.6. The van der Waals surface area contributed by atoms with Crippen molar-refractivity contribution in [2.24, 2.45) is 0 Å². The molecule has 0 radical (unpaired) electrons. The van der Waals surface area contributed by atoms with Crippen LogP contribution in [0.15, 0.2) is 79.0 Å². The molecule has 0 unspecified atom stereocenters. The van der Waals surface area contributed by atoms with Gasteiger partial charge in [0.05, 0.1) is 18.6 Å². The molecule has 2 atom stereocenters. The highest BCUT2D eigenvalue weighted by Gasteiger charge is 2.43. The number of anilines is 1. The highest BCUT2D eigenvalue weighted by atomic mass is 16.5. The number of amides is 2. The molecule has 0 aliphatic carbocycles. The van der Waals surface area contributed by atoms with E-state index in [1.165, 1.54) is 0 Å². The molecule has 1 aliphatic rings. The molecule has 5 rings (SSSR count). The molecule has 2 heterocycles. The summed E-state index contributed by atoms with van der Waals surface area (Å²) in [5.74, 6) is -0.0811. The van der Waals surface area contributed by atoms with Gasteiger partial charge >= 0.3 is 0 Å². The molecular weight excluding hydrogens is 414 g/mol. The first-order chi connectivity index (χ1) is 16.1. The Morgan fingerprint density at radius 2 is 1.73 bits per heavy atom. The van der Waals surface area contributed by atoms with E-state index >= 15 is 0 Å². The molecule has 2 amide bonds. The van der Waals surface area contributed by atoms with Gasteiger partial charge in [0.15, 0.2) is 0 Å². The Hall–Kier alpha value is -4.06. The molecule has 0 bridgehead atoms. The number of carbonyl (C=O) groups excluding carboxylic acids is 2. The second-order valence-corrected chi connectivity index (χ2v) is 8.16. The SMILES string of the molecule is CCOc1ccc(NC(=O)[C@@H]2c3ccccc3C(=O)N(C)[C@H]2c2c[nH]c3ccccc23)cc1. The first-order valence-electron chi connectivity index (χ1n) is 11.0. The Morgan fingerprint density at radius 1 is 1.00 bits per heavy atom. The predicted molar refractivity (Wildman–Crippen MR) is 129 cm³/mol. The van der Waals surface area contributed by atoms with Gasteiger partial charge in [-0.15, -0.1) is 0 Å². The lowest BCUT2D eigenvalue weighted by molar-refractivity contribution is -0.119. The van der Waals surface area contributed by atoms with Crippen LogP contribution in [0.2, 0.25) is 0 Å². The molecule has 4 aromatic rings. The molecule has 0 saturated carbocycles. The number of ether oxygens (including phenoxy) is 1. The number of fused-ring (bicyclic) bond motifs is 2. The number of H-pyrrole nitrogens is 1. The highest BCUT2D eigenvalue weighted by molar-refractivity contribution is 6.05. The van der Waals surface area contributed by atoms with Crippen molar-refractivity contribution in [2.45, 2.75) is 18.9 Å². The monoisotopic (exact) mass is 439 g/mol. The lowest BCUT2D eigenvalue weighted by Gasteiger charge is -2.39. The van der Waals surface area contributed by atoms with Gasteiger partial charge in [0, 0.05) is 41.0 Å². The number of aromatic nitrogens is 1. The van der Waals surface area contributed by atoms with Gasteiger partial charge in [0.1, 0.15) is 5.75 Å². The minimum Gasteiger partial charge on any atom is -0.494 e. The molecule has 6 heteroatoms. The topological polar surface area (TPSA) is 74.4 Å². The Morgan fingerprint density at radius 3 is 2.52 bits per heavy atom. The van der Waals surface area contributed by atoms with Gasteiger partial charge in [0.2, 0.25) is 5.91 Å². The molecular formula is C27H25N3O3. The first kappa shape index (κ1) is 20.8. The molecule has 6 nitrogen and oxygen atoms in total. The predicted octanol–water partition coefficient (Wildman–Crippen LogP) is 5.12. The highest BCUT2D eigenvalue weighted by Crippen LogP contribution is 2.44. The molecule has 0 fully saturated rings. The van der Waals surface area contributed by atoms with E-state index < -0.39 is 12.0 Å². The Balaban J connectivity index is 1.58. The lowest BCUT2D eigenvalue weighted by Crippen LogP contribution is -2.44. The van der Waals surface area contributed by atoms with Gasteiger partial charge in [-0.1, -0.05) is 36.4 Å². The Kier molecular flexibility index (Phi) is 5.34. The standard InChI is InChI=1S/C27H25N3O3/c1-3-33-18-14-12-17(13-15-18)29-26(31)24-20-9-4-5-10-21(20)27(32)30(2)25(24)22-16-28-23-11-7-6-8-19(22)23/h4-16,24-25,28H,3H2,1-2H3,(H,29,31)/t24-,25+/m1/s1. The van der Waals surface area contributed by atoms with E-state index in [0.717, 1.165) is 27.8 Å².